The number of para-hydroxylation sites is 1. The molecule has 0 N–H and O–H groups in total. The van der Waals surface area contributed by atoms with Crippen molar-refractivity contribution in [3.8, 4) is 17.2 Å². The van der Waals surface area contributed by atoms with Crippen molar-refractivity contribution >= 4 is 0 Å². The standard InChI is InChI=1S/C21H28FNO2/c1-15(2)23(16(3)4)13-14-24-20-8-6-7-19(22)21(20)25-18-11-9-17(5)10-12-18/h6-12,15-16H,13-14H2,1-5H3. The van der Waals surface area contributed by atoms with Crippen molar-refractivity contribution in [1.29, 1.82) is 0 Å². The minimum atomic E-state index is -0.428. The van der Waals surface area contributed by atoms with E-state index >= 15 is 0 Å². The van der Waals surface area contributed by atoms with Gasteiger partial charge in [0.2, 0.25) is 5.75 Å². The molecule has 0 radical (unpaired) electrons. The number of ether oxygens (including phenoxy) is 2. The average Bonchev–Trinajstić information content (AvgIpc) is 2.55. The first-order chi connectivity index (χ1) is 11.9. The van der Waals surface area contributed by atoms with Crippen LogP contribution in [0.25, 0.3) is 0 Å². The fraction of sp³-hybridized carbons (Fsp3) is 0.429. The van der Waals surface area contributed by atoms with E-state index in [-0.39, 0.29) is 5.75 Å². The Bertz CT molecular complexity index is 660. The molecule has 0 fully saturated rings. The van der Waals surface area contributed by atoms with E-state index in [0.29, 0.717) is 30.2 Å². The topological polar surface area (TPSA) is 21.7 Å². The minimum Gasteiger partial charge on any atom is -0.488 e. The molecule has 0 atom stereocenters. The van der Waals surface area contributed by atoms with Crippen LogP contribution in [0.3, 0.4) is 0 Å². The maximum Gasteiger partial charge on any atom is 0.204 e. The summed E-state index contributed by atoms with van der Waals surface area (Å²) in [6.07, 6.45) is 0. The normalized spacial score (nSPS) is 11.4. The van der Waals surface area contributed by atoms with Crippen molar-refractivity contribution in [2.75, 3.05) is 13.2 Å². The van der Waals surface area contributed by atoms with Crippen LogP contribution in [0.1, 0.15) is 33.3 Å². The van der Waals surface area contributed by atoms with Crippen LogP contribution in [-0.2, 0) is 0 Å². The predicted octanol–water partition coefficient (Wildman–Crippen LogP) is 5.42. The molecule has 0 saturated carbocycles. The number of aryl methyl sites for hydroxylation is 1. The summed E-state index contributed by atoms with van der Waals surface area (Å²) < 4.78 is 25.8. The second kappa shape index (κ2) is 8.86. The summed E-state index contributed by atoms with van der Waals surface area (Å²) in [6.45, 7) is 11.9. The molecule has 0 aliphatic carbocycles. The number of benzene rings is 2. The van der Waals surface area contributed by atoms with Gasteiger partial charge in [0.15, 0.2) is 11.6 Å². The summed E-state index contributed by atoms with van der Waals surface area (Å²) in [4.78, 5) is 2.33. The highest BCUT2D eigenvalue weighted by Crippen LogP contribution is 2.34. The fourth-order valence-corrected chi connectivity index (χ4v) is 2.80. The molecule has 2 aromatic rings. The molecular weight excluding hydrogens is 317 g/mol. The van der Waals surface area contributed by atoms with Gasteiger partial charge in [-0.05, 0) is 58.9 Å². The monoisotopic (exact) mass is 345 g/mol. The van der Waals surface area contributed by atoms with Crippen LogP contribution in [0.15, 0.2) is 42.5 Å². The molecule has 3 nitrogen and oxygen atoms in total. The predicted molar refractivity (Wildman–Crippen MR) is 100 cm³/mol. The van der Waals surface area contributed by atoms with E-state index in [0.717, 1.165) is 12.1 Å². The Morgan fingerprint density at radius 3 is 2.20 bits per heavy atom. The molecule has 25 heavy (non-hydrogen) atoms. The lowest BCUT2D eigenvalue weighted by Gasteiger charge is -2.30. The molecule has 0 unspecified atom stereocenters. The molecule has 0 aliphatic rings. The second-order valence-electron chi connectivity index (χ2n) is 6.76. The molecule has 4 heteroatoms. The Morgan fingerprint density at radius 2 is 1.60 bits per heavy atom. The summed E-state index contributed by atoms with van der Waals surface area (Å²) in [5.74, 6) is 0.717. The highest BCUT2D eigenvalue weighted by Gasteiger charge is 2.15. The van der Waals surface area contributed by atoms with Gasteiger partial charge in [-0.1, -0.05) is 23.8 Å². The molecule has 0 heterocycles. The number of hydrogen-bond donors (Lipinski definition) is 0. The number of rotatable bonds is 8. The minimum absolute atomic E-state index is 0.131. The van der Waals surface area contributed by atoms with Gasteiger partial charge in [-0.2, -0.15) is 0 Å². The van der Waals surface area contributed by atoms with Crippen LogP contribution < -0.4 is 9.47 Å². The lowest BCUT2D eigenvalue weighted by atomic mass is 10.2. The van der Waals surface area contributed by atoms with E-state index in [4.69, 9.17) is 9.47 Å². The number of halogens is 1. The SMILES string of the molecule is Cc1ccc(Oc2c(F)cccc2OCCN(C(C)C)C(C)C)cc1. The van der Waals surface area contributed by atoms with E-state index in [9.17, 15) is 4.39 Å². The molecule has 0 aromatic heterocycles. The third kappa shape index (κ3) is 5.46. The van der Waals surface area contributed by atoms with Crippen LogP contribution >= 0.6 is 0 Å². The lowest BCUT2D eigenvalue weighted by Crippen LogP contribution is -2.39. The smallest absolute Gasteiger partial charge is 0.204 e. The average molecular weight is 345 g/mol. The zero-order valence-electron chi connectivity index (χ0n) is 15.8. The van der Waals surface area contributed by atoms with E-state index in [1.54, 1.807) is 12.1 Å². The van der Waals surface area contributed by atoms with Crippen molar-refractivity contribution in [1.82, 2.24) is 4.90 Å². The van der Waals surface area contributed by atoms with Crippen molar-refractivity contribution in [3.05, 3.63) is 53.8 Å². The summed E-state index contributed by atoms with van der Waals surface area (Å²) in [6, 6.07) is 13.1. The van der Waals surface area contributed by atoms with Gasteiger partial charge >= 0.3 is 0 Å². The molecule has 2 rings (SSSR count). The Hall–Kier alpha value is -2.07. The maximum absolute atomic E-state index is 14.2. The highest BCUT2D eigenvalue weighted by molar-refractivity contribution is 5.44. The number of nitrogens with zero attached hydrogens (tertiary/aromatic N) is 1. The van der Waals surface area contributed by atoms with Gasteiger partial charge in [0, 0.05) is 18.6 Å². The Morgan fingerprint density at radius 1 is 0.960 bits per heavy atom. The largest absolute Gasteiger partial charge is 0.488 e. The van der Waals surface area contributed by atoms with Crippen molar-refractivity contribution < 1.29 is 13.9 Å². The molecule has 2 aromatic carbocycles. The molecule has 0 aliphatic heterocycles. The summed E-state index contributed by atoms with van der Waals surface area (Å²) in [7, 11) is 0. The van der Waals surface area contributed by atoms with Crippen LogP contribution in [0.5, 0.6) is 17.2 Å². The Labute approximate surface area is 150 Å². The van der Waals surface area contributed by atoms with Crippen LogP contribution in [-0.4, -0.2) is 30.1 Å². The summed E-state index contributed by atoms with van der Waals surface area (Å²) in [5.41, 5.74) is 1.12. The molecule has 0 amide bonds. The van der Waals surface area contributed by atoms with Gasteiger partial charge in [-0.25, -0.2) is 4.39 Å². The molecule has 136 valence electrons. The molecule has 0 saturated heterocycles. The fourth-order valence-electron chi connectivity index (χ4n) is 2.80. The summed E-state index contributed by atoms with van der Waals surface area (Å²) in [5, 5.41) is 0. The molecule has 0 bridgehead atoms. The van der Waals surface area contributed by atoms with Gasteiger partial charge < -0.3 is 9.47 Å². The first-order valence-corrected chi connectivity index (χ1v) is 8.80. The van der Waals surface area contributed by atoms with E-state index in [1.165, 1.54) is 6.07 Å². The van der Waals surface area contributed by atoms with E-state index in [2.05, 4.69) is 32.6 Å². The van der Waals surface area contributed by atoms with Gasteiger partial charge in [-0.3, -0.25) is 4.90 Å². The van der Waals surface area contributed by atoms with Crippen molar-refractivity contribution in [3.63, 3.8) is 0 Å². The maximum atomic E-state index is 14.2. The first-order valence-electron chi connectivity index (χ1n) is 8.80. The van der Waals surface area contributed by atoms with Gasteiger partial charge in [0.1, 0.15) is 12.4 Å². The van der Waals surface area contributed by atoms with Crippen LogP contribution in [0, 0.1) is 12.7 Å². The van der Waals surface area contributed by atoms with Gasteiger partial charge in [0.25, 0.3) is 0 Å². The van der Waals surface area contributed by atoms with Crippen molar-refractivity contribution in [2.24, 2.45) is 0 Å². The van der Waals surface area contributed by atoms with Crippen LogP contribution in [0.2, 0.25) is 0 Å². The van der Waals surface area contributed by atoms with E-state index < -0.39 is 5.82 Å². The van der Waals surface area contributed by atoms with Gasteiger partial charge in [-0.15, -0.1) is 0 Å². The zero-order chi connectivity index (χ0) is 18.4. The van der Waals surface area contributed by atoms with E-state index in [1.807, 2.05) is 31.2 Å². The third-order valence-electron chi connectivity index (χ3n) is 4.11. The third-order valence-corrected chi connectivity index (χ3v) is 4.11. The number of hydrogen-bond acceptors (Lipinski definition) is 3. The van der Waals surface area contributed by atoms with Gasteiger partial charge in [0.05, 0.1) is 0 Å². The highest BCUT2D eigenvalue weighted by atomic mass is 19.1. The lowest BCUT2D eigenvalue weighted by molar-refractivity contribution is 0.140. The van der Waals surface area contributed by atoms with Crippen LogP contribution in [0.4, 0.5) is 4.39 Å². The quantitative estimate of drug-likeness (QED) is 0.637. The Kier molecular flexibility index (Phi) is 6.82. The first kappa shape index (κ1) is 19.3. The summed E-state index contributed by atoms with van der Waals surface area (Å²) >= 11 is 0. The van der Waals surface area contributed by atoms with Crippen molar-refractivity contribution in [2.45, 2.75) is 46.7 Å². The zero-order valence-corrected chi connectivity index (χ0v) is 15.8. The molecular formula is C21H28FNO2. The molecule has 0 spiro atoms. The second-order valence-corrected chi connectivity index (χ2v) is 6.76. The Balaban J connectivity index is 2.08.